The van der Waals surface area contributed by atoms with Gasteiger partial charge in [-0.1, -0.05) is 19.8 Å². The molecule has 4 heteroatoms. The first-order valence-electron chi connectivity index (χ1n) is 5.94. The molecule has 1 rings (SSSR count). The predicted octanol–water partition coefficient (Wildman–Crippen LogP) is 3.55. The number of aromatic nitrogens is 1. The van der Waals surface area contributed by atoms with Crippen molar-refractivity contribution in [3.63, 3.8) is 0 Å². The SMILES string of the molecule is CCCCCN(C)CCc1nc(CCl)cs1. The van der Waals surface area contributed by atoms with Gasteiger partial charge in [0.2, 0.25) is 0 Å². The Kier molecular flexibility index (Phi) is 7.01. The molecule has 0 bridgehead atoms. The Morgan fingerprint density at radius 1 is 1.38 bits per heavy atom. The monoisotopic (exact) mass is 260 g/mol. The van der Waals surface area contributed by atoms with Crippen molar-refractivity contribution in [1.29, 1.82) is 0 Å². The van der Waals surface area contributed by atoms with Crippen LogP contribution in [-0.4, -0.2) is 30.0 Å². The van der Waals surface area contributed by atoms with E-state index in [0.717, 1.165) is 18.7 Å². The van der Waals surface area contributed by atoms with Crippen LogP contribution in [0.1, 0.15) is 36.9 Å². The van der Waals surface area contributed by atoms with Gasteiger partial charge < -0.3 is 4.90 Å². The summed E-state index contributed by atoms with van der Waals surface area (Å²) in [6.45, 7) is 4.53. The fraction of sp³-hybridized carbons (Fsp3) is 0.750. The van der Waals surface area contributed by atoms with Crippen molar-refractivity contribution >= 4 is 22.9 Å². The van der Waals surface area contributed by atoms with Crippen LogP contribution in [0.15, 0.2) is 5.38 Å². The maximum absolute atomic E-state index is 5.72. The summed E-state index contributed by atoms with van der Waals surface area (Å²) in [4.78, 5) is 6.84. The lowest BCUT2D eigenvalue weighted by Crippen LogP contribution is -2.22. The number of thiazole rings is 1. The topological polar surface area (TPSA) is 16.1 Å². The van der Waals surface area contributed by atoms with E-state index in [0.29, 0.717) is 5.88 Å². The number of hydrogen-bond acceptors (Lipinski definition) is 3. The fourth-order valence-electron chi connectivity index (χ4n) is 1.56. The van der Waals surface area contributed by atoms with E-state index in [1.54, 1.807) is 11.3 Å². The molecule has 16 heavy (non-hydrogen) atoms. The average molecular weight is 261 g/mol. The van der Waals surface area contributed by atoms with Gasteiger partial charge in [-0.15, -0.1) is 22.9 Å². The molecule has 0 aromatic carbocycles. The van der Waals surface area contributed by atoms with Gasteiger partial charge in [0.05, 0.1) is 16.6 Å². The molecule has 1 heterocycles. The van der Waals surface area contributed by atoms with E-state index in [9.17, 15) is 0 Å². The van der Waals surface area contributed by atoms with Gasteiger partial charge in [-0.2, -0.15) is 0 Å². The first-order chi connectivity index (χ1) is 7.76. The van der Waals surface area contributed by atoms with Crippen molar-refractivity contribution in [3.8, 4) is 0 Å². The largest absolute Gasteiger partial charge is 0.306 e. The second-order valence-electron chi connectivity index (χ2n) is 4.13. The van der Waals surface area contributed by atoms with Crippen molar-refractivity contribution in [2.45, 2.75) is 38.5 Å². The molecule has 1 aromatic heterocycles. The minimum absolute atomic E-state index is 0.531. The van der Waals surface area contributed by atoms with Crippen LogP contribution in [-0.2, 0) is 12.3 Å². The summed E-state index contributed by atoms with van der Waals surface area (Å²) in [6, 6.07) is 0. The maximum Gasteiger partial charge on any atom is 0.0941 e. The van der Waals surface area contributed by atoms with Crippen LogP contribution in [0, 0.1) is 0 Å². The summed E-state index contributed by atoms with van der Waals surface area (Å²) in [5.74, 6) is 0.531. The first kappa shape index (κ1) is 13.9. The fourth-order valence-corrected chi connectivity index (χ4v) is 2.57. The number of halogens is 1. The van der Waals surface area contributed by atoms with Gasteiger partial charge in [0.1, 0.15) is 0 Å². The van der Waals surface area contributed by atoms with Gasteiger partial charge in [0, 0.05) is 18.3 Å². The van der Waals surface area contributed by atoms with Crippen LogP contribution >= 0.6 is 22.9 Å². The third kappa shape index (κ3) is 5.28. The normalized spacial score (nSPS) is 11.2. The zero-order valence-corrected chi connectivity index (χ0v) is 11.8. The van der Waals surface area contributed by atoms with E-state index in [2.05, 4.69) is 29.2 Å². The number of nitrogens with zero attached hydrogens (tertiary/aromatic N) is 2. The number of rotatable bonds is 8. The highest BCUT2D eigenvalue weighted by Crippen LogP contribution is 2.12. The summed E-state index contributed by atoms with van der Waals surface area (Å²) in [6.07, 6.45) is 4.97. The van der Waals surface area contributed by atoms with Crippen LogP contribution < -0.4 is 0 Å². The van der Waals surface area contributed by atoms with Crippen LogP contribution in [0.5, 0.6) is 0 Å². The van der Waals surface area contributed by atoms with Crippen LogP contribution in [0.25, 0.3) is 0 Å². The van der Waals surface area contributed by atoms with E-state index in [1.165, 1.54) is 30.8 Å². The highest BCUT2D eigenvalue weighted by Gasteiger charge is 2.03. The molecule has 0 radical (unpaired) electrons. The van der Waals surface area contributed by atoms with Gasteiger partial charge in [0.15, 0.2) is 0 Å². The quantitative estimate of drug-likeness (QED) is 0.525. The van der Waals surface area contributed by atoms with Crippen molar-refractivity contribution in [2.24, 2.45) is 0 Å². The van der Waals surface area contributed by atoms with Crippen molar-refractivity contribution in [2.75, 3.05) is 20.1 Å². The Bertz CT molecular complexity index is 288. The zero-order valence-electron chi connectivity index (χ0n) is 10.2. The van der Waals surface area contributed by atoms with E-state index < -0.39 is 0 Å². The third-order valence-corrected chi connectivity index (χ3v) is 3.82. The molecule has 0 amide bonds. The number of unbranched alkanes of at least 4 members (excludes halogenated alkanes) is 2. The molecule has 92 valence electrons. The minimum atomic E-state index is 0.531. The standard InChI is InChI=1S/C12H21ClN2S/c1-3-4-5-7-15(2)8-6-12-14-11(9-13)10-16-12/h10H,3-9H2,1-2H3. The molecule has 0 saturated heterocycles. The van der Waals surface area contributed by atoms with Crippen molar-refractivity contribution in [1.82, 2.24) is 9.88 Å². The first-order valence-corrected chi connectivity index (χ1v) is 7.35. The molecule has 1 aromatic rings. The summed E-state index contributed by atoms with van der Waals surface area (Å²) >= 11 is 7.44. The molecule has 0 aliphatic carbocycles. The predicted molar refractivity (Wildman–Crippen MR) is 72.4 cm³/mol. The van der Waals surface area contributed by atoms with Crippen molar-refractivity contribution < 1.29 is 0 Å². The van der Waals surface area contributed by atoms with Gasteiger partial charge in [-0.25, -0.2) is 4.98 Å². The summed E-state index contributed by atoms with van der Waals surface area (Å²) in [7, 11) is 2.19. The lowest BCUT2D eigenvalue weighted by atomic mass is 10.2. The molecule has 0 atom stereocenters. The Labute approximate surface area is 108 Å². The average Bonchev–Trinajstić information content (AvgIpc) is 2.74. The minimum Gasteiger partial charge on any atom is -0.306 e. The van der Waals surface area contributed by atoms with E-state index in [-0.39, 0.29) is 0 Å². The number of likely N-dealkylation sites (N-methyl/N-ethyl adjacent to an activating group) is 1. The maximum atomic E-state index is 5.72. The Balaban J connectivity index is 2.18. The molecule has 2 nitrogen and oxygen atoms in total. The van der Waals surface area contributed by atoms with E-state index >= 15 is 0 Å². The molecule has 0 saturated carbocycles. The molecular weight excluding hydrogens is 240 g/mol. The Morgan fingerprint density at radius 2 is 2.19 bits per heavy atom. The summed E-state index contributed by atoms with van der Waals surface area (Å²) in [5, 5.41) is 3.26. The molecule has 0 aliphatic heterocycles. The van der Waals surface area contributed by atoms with Gasteiger partial charge in [-0.05, 0) is 20.0 Å². The summed E-state index contributed by atoms with van der Waals surface area (Å²) < 4.78 is 0. The number of alkyl halides is 1. The van der Waals surface area contributed by atoms with Gasteiger partial charge in [0.25, 0.3) is 0 Å². The van der Waals surface area contributed by atoms with Crippen LogP contribution in [0.4, 0.5) is 0 Å². The second kappa shape index (κ2) is 8.04. The second-order valence-corrected chi connectivity index (χ2v) is 5.34. The number of hydrogen-bond donors (Lipinski definition) is 0. The lowest BCUT2D eigenvalue weighted by Gasteiger charge is -2.15. The van der Waals surface area contributed by atoms with Crippen LogP contribution in [0.2, 0.25) is 0 Å². The highest BCUT2D eigenvalue weighted by atomic mass is 35.5. The van der Waals surface area contributed by atoms with E-state index in [1.807, 2.05) is 0 Å². The smallest absolute Gasteiger partial charge is 0.0941 e. The molecule has 0 aliphatic rings. The molecule has 0 spiro atoms. The third-order valence-electron chi connectivity index (χ3n) is 2.59. The van der Waals surface area contributed by atoms with Gasteiger partial charge >= 0.3 is 0 Å². The molecule has 0 fully saturated rings. The van der Waals surface area contributed by atoms with E-state index in [4.69, 9.17) is 11.6 Å². The zero-order chi connectivity index (χ0) is 11.8. The highest BCUT2D eigenvalue weighted by molar-refractivity contribution is 7.09. The Hall–Kier alpha value is -0.120. The molecule has 0 N–H and O–H groups in total. The van der Waals surface area contributed by atoms with Crippen LogP contribution in [0.3, 0.4) is 0 Å². The summed E-state index contributed by atoms with van der Waals surface area (Å²) in [5.41, 5.74) is 1.01. The Morgan fingerprint density at radius 3 is 2.81 bits per heavy atom. The van der Waals surface area contributed by atoms with Gasteiger partial charge in [-0.3, -0.25) is 0 Å². The lowest BCUT2D eigenvalue weighted by molar-refractivity contribution is 0.329. The van der Waals surface area contributed by atoms with Crippen molar-refractivity contribution in [3.05, 3.63) is 16.1 Å². The molecular formula is C12H21ClN2S. The molecule has 0 unspecified atom stereocenters.